The van der Waals surface area contributed by atoms with Crippen LogP contribution in [0.3, 0.4) is 0 Å². The highest BCUT2D eigenvalue weighted by atomic mass is 16.5. The molecular weight excluding hydrogens is 360 g/mol. The Kier molecular flexibility index (Phi) is 4.28. The van der Waals surface area contributed by atoms with Crippen LogP contribution in [-0.2, 0) is 5.41 Å². The number of carbonyl (C=O) groups excluding carboxylic acids is 1. The molecule has 4 heteroatoms. The van der Waals surface area contributed by atoms with Crippen LogP contribution in [0, 0.1) is 12.8 Å². The van der Waals surface area contributed by atoms with Gasteiger partial charge >= 0.3 is 0 Å². The molecule has 0 atom stereocenters. The first-order chi connectivity index (χ1) is 13.9. The first-order valence-corrected chi connectivity index (χ1v) is 10.6. The lowest BCUT2D eigenvalue weighted by Crippen LogP contribution is -2.31. The molecule has 3 aromatic rings. The molecule has 150 valence electrons. The van der Waals surface area contributed by atoms with Crippen molar-refractivity contribution in [3.63, 3.8) is 0 Å². The number of aromatic nitrogens is 1. The van der Waals surface area contributed by atoms with E-state index < -0.39 is 0 Å². The molecule has 2 heterocycles. The number of carbonyl (C=O) groups is 1. The van der Waals surface area contributed by atoms with Gasteiger partial charge in [0.15, 0.2) is 5.78 Å². The number of hydrogen-bond donors (Lipinski definition) is 2. The van der Waals surface area contributed by atoms with E-state index in [9.17, 15) is 4.79 Å². The molecule has 1 saturated heterocycles. The van der Waals surface area contributed by atoms with Gasteiger partial charge in [0.25, 0.3) is 0 Å². The molecule has 0 bridgehead atoms. The summed E-state index contributed by atoms with van der Waals surface area (Å²) < 4.78 is 6.15. The topological polar surface area (TPSA) is 54.1 Å². The molecule has 0 radical (unpaired) electrons. The summed E-state index contributed by atoms with van der Waals surface area (Å²) in [7, 11) is 0. The van der Waals surface area contributed by atoms with E-state index >= 15 is 0 Å². The second kappa shape index (κ2) is 6.74. The van der Waals surface area contributed by atoms with Crippen LogP contribution in [0.5, 0.6) is 5.75 Å². The van der Waals surface area contributed by atoms with Crippen LogP contribution in [0.2, 0.25) is 0 Å². The molecule has 2 aromatic carbocycles. The summed E-state index contributed by atoms with van der Waals surface area (Å²) in [4.78, 5) is 17.0. The number of hydrogen-bond acceptors (Lipinski definition) is 3. The molecule has 4 nitrogen and oxygen atoms in total. The van der Waals surface area contributed by atoms with Crippen LogP contribution in [0.25, 0.3) is 10.9 Å². The van der Waals surface area contributed by atoms with E-state index in [1.54, 1.807) is 0 Å². The van der Waals surface area contributed by atoms with Crippen molar-refractivity contribution in [2.75, 3.05) is 19.7 Å². The zero-order valence-corrected chi connectivity index (χ0v) is 17.4. The Hall–Kier alpha value is -2.59. The number of fused-ring (bicyclic) bond motifs is 4. The molecular formula is C25H28N2O2. The van der Waals surface area contributed by atoms with Crippen LogP contribution in [-0.4, -0.2) is 30.5 Å². The zero-order valence-electron chi connectivity index (χ0n) is 17.4. The largest absolute Gasteiger partial charge is 0.493 e. The minimum absolute atomic E-state index is 0.106. The highest BCUT2D eigenvalue weighted by molar-refractivity contribution is 6.20. The van der Waals surface area contributed by atoms with Crippen LogP contribution >= 0.6 is 0 Å². The summed E-state index contributed by atoms with van der Waals surface area (Å²) >= 11 is 0. The van der Waals surface area contributed by atoms with E-state index in [-0.39, 0.29) is 11.2 Å². The van der Waals surface area contributed by atoms with E-state index in [1.165, 1.54) is 5.56 Å². The van der Waals surface area contributed by atoms with Gasteiger partial charge in [0, 0.05) is 27.6 Å². The van der Waals surface area contributed by atoms with E-state index in [4.69, 9.17) is 4.74 Å². The van der Waals surface area contributed by atoms with Crippen LogP contribution in [0.1, 0.15) is 59.4 Å². The van der Waals surface area contributed by atoms with E-state index in [0.717, 1.165) is 71.6 Å². The Morgan fingerprint density at radius 3 is 2.69 bits per heavy atom. The number of aryl methyl sites for hydroxylation is 1. The van der Waals surface area contributed by atoms with Crippen LogP contribution < -0.4 is 10.1 Å². The third-order valence-corrected chi connectivity index (χ3v) is 6.66. The van der Waals surface area contributed by atoms with Gasteiger partial charge in [-0.15, -0.1) is 0 Å². The second-order valence-corrected chi connectivity index (χ2v) is 9.09. The van der Waals surface area contributed by atoms with Crippen molar-refractivity contribution in [1.82, 2.24) is 10.3 Å². The lowest BCUT2D eigenvalue weighted by Gasteiger charge is -2.32. The third-order valence-electron chi connectivity index (χ3n) is 6.66. The fourth-order valence-corrected chi connectivity index (χ4v) is 4.88. The van der Waals surface area contributed by atoms with Gasteiger partial charge in [0.2, 0.25) is 0 Å². The molecule has 1 fully saturated rings. The van der Waals surface area contributed by atoms with E-state index in [2.05, 4.69) is 55.3 Å². The number of piperidine rings is 1. The maximum atomic E-state index is 13.4. The second-order valence-electron chi connectivity index (χ2n) is 9.09. The highest BCUT2D eigenvalue weighted by Gasteiger charge is 2.39. The van der Waals surface area contributed by atoms with Gasteiger partial charge in [-0.1, -0.05) is 26.0 Å². The number of benzene rings is 2. The highest BCUT2D eigenvalue weighted by Crippen LogP contribution is 2.44. The summed E-state index contributed by atoms with van der Waals surface area (Å²) in [6.45, 7) is 9.34. The fraction of sp³-hybridized carbons (Fsp3) is 0.400. The standard InChI is InChI=1S/C25H28N2O2/c1-15-4-6-19-21(12-15)27-24-22(19)23(28)18-7-5-17(13-20(18)25(24,2)3)29-14-16-8-10-26-11-9-16/h4-7,12-13,16,26-27H,8-11,14H2,1-3H3. The lowest BCUT2D eigenvalue weighted by atomic mass is 9.71. The molecule has 1 aliphatic carbocycles. The van der Waals surface area contributed by atoms with Gasteiger partial charge < -0.3 is 15.0 Å². The minimum Gasteiger partial charge on any atom is -0.493 e. The van der Waals surface area contributed by atoms with Crippen molar-refractivity contribution in [3.8, 4) is 5.75 Å². The average molecular weight is 389 g/mol. The predicted octanol–water partition coefficient (Wildman–Crippen LogP) is 4.73. The SMILES string of the molecule is Cc1ccc2c3c([nH]c2c1)C(C)(C)c1cc(OCC2CCNCC2)ccc1C3=O. The molecule has 0 unspecified atom stereocenters. The monoisotopic (exact) mass is 388 g/mol. The maximum Gasteiger partial charge on any atom is 0.195 e. The Bertz CT molecular complexity index is 1100. The summed E-state index contributed by atoms with van der Waals surface area (Å²) in [5, 5.41) is 4.41. The van der Waals surface area contributed by atoms with E-state index in [0.29, 0.717) is 5.92 Å². The van der Waals surface area contributed by atoms with Gasteiger partial charge in [-0.3, -0.25) is 4.79 Å². The van der Waals surface area contributed by atoms with Gasteiger partial charge in [0.05, 0.1) is 12.2 Å². The lowest BCUT2D eigenvalue weighted by molar-refractivity contribution is 0.103. The molecule has 5 rings (SSSR count). The van der Waals surface area contributed by atoms with Crippen LogP contribution in [0.15, 0.2) is 36.4 Å². The fourth-order valence-electron chi connectivity index (χ4n) is 4.88. The Morgan fingerprint density at radius 2 is 1.90 bits per heavy atom. The van der Waals surface area contributed by atoms with Crippen molar-refractivity contribution in [3.05, 3.63) is 64.3 Å². The molecule has 2 aliphatic rings. The molecule has 0 saturated carbocycles. The average Bonchev–Trinajstić information content (AvgIpc) is 3.11. The van der Waals surface area contributed by atoms with Gasteiger partial charge in [0.1, 0.15) is 5.75 Å². The van der Waals surface area contributed by atoms with Gasteiger partial charge in [-0.05, 0) is 74.2 Å². The van der Waals surface area contributed by atoms with Gasteiger partial charge in [-0.25, -0.2) is 0 Å². The smallest absolute Gasteiger partial charge is 0.195 e. The quantitative estimate of drug-likeness (QED) is 0.682. The molecule has 1 aromatic heterocycles. The number of ketones is 1. The summed E-state index contributed by atoms with van der Waals surface area (Å²) in [5.41, 5.74) is 5.59. The van der Waals surface area contributed by atoms with Crippen molar-refractivity contribution in [1.29, 1.82) is 0 Å². The van der Waals surface area contributed by atoms with Crippen molar-refractivity contribution < 1.29 is 9.53 Å². The Morgan fingerprint density at radius 1 is 1.10 bits per heavy atom. The van der Waals surface area contributed by atoms with Crippen LogP contribution in [0.4, 0.5) is 0 Å². The molecule has 29 heavy (non-hydrogen) atoms. The first kappa shape index (κ1) is 18.4. The maximum absolute atomic E-state index is 13.4. The summed E-state index contributed by atoms with van der Waals surface area (Å²) in [6, 6.07) is 12.2. The normalized spacial score (nSPS) is 18.5. The van der Waals surface area contributed by atoms with Crippen molar-refractivity contribution >= 4 is 16.7 Å². The first-order valence-electron chi connectivity index (χ1n) is 10.6. The summed E-state index contributed by atoms with van der Waals surface area (Å²) in [5.74, 6) is 1.57. The molecule has 2 N–H and O–H groups in total. The van der Waals surface area contributed by atoms with Crippen molar-refractivity contribution in [2.45, 2.75) is 39.0 Å². The Balaban J connectivity index is 1.52. The number of rotatable bonds is 3. The number of nitrogens with one attached hydrogen (secondary N) is 2. The van der Waals surface area contributed by atoms with Crippen molar-refractivity contribution in [2.24, 2.45) is 5.92 Å². The van der Waals surface area contributed by atoms with E-state index in [1.807, 2.05) is 12.1 Å². The van der Waals surface area contributed by atoms with Gasteiger partial charge in [-0.2, -0.15) is 0 Å². The Labute approximate surface area is 171 Å². The number of ether oxygens (including phenoxy) is 1. The molecule has 0 spiro atoms. The third kappa shape index (κ3) is 2.98. The molecule has 0 amide bonds. The zero-order chi connectivity index (χ0) is 20.2. The number of aromatic amines is 1. The number of H-pyrrole nitrogens is 1. The predicted molar refractivity (Wildman–Crippen MR) is 116 cm³/mol. The minimum atomic E-state index is -0.292. The summed E-state index contributed by atoms with van der Waals surface area (Å²) in [6.07, 6.45) is 2.32. The molecule has 1 aliphatic heterocycles.